The molecule has 4 rings (SSSR count). The van der Waals surface area contributed by atoms with Crippen molar-refractivity contribution in [3.8, 4) is 11.5 Å². The van der Waals surface area contributed by atoms with Gasteiger partial charge in [0.15, 0.2) is 6.61 Å². The number of hydrogen-bond donors (Lipinski definition) is 1. The number of halogens is 1. The molecule has 0 spiro atoms. The number of pyridine rings is 1. The number of ether oxygens (including phenoxy) is 2. The van der Waals surface area contributed by atoms with Gasteiger partial charge in [0.2, 0.25) is 0 Å². The number of amides is 1. The average Bonchev–Trinajstić information content (AvgIpc) is 2.83. The number of hydrazone groups is 1. The molecule has 0 aliphatic rings. The van der Waals surface area contributed by atoms with Crippen LogP contribution in [0.5, 0.6) is 11.5 Å². The minimum absolute atomic E-state index is 0.177. The van der Waals surface area contributed by atoms with E-state index in [0.29, 0.717) is 23.6 Å². The van der Waals surface area contributed by atoms with Gasteiger partial charge < -0.3 is 9.47 Å². The van der Waals surface area contributed by atoms with E-state index >= 15 is 0 Å². The minimum Gasteiger partial charge on any atom is -0.489 e. The molecular weight excluding hydrogens is 409 g/mol. The number of nitrogens with zero attached hydrogens (tertiary/aromatic N) is 2. The van der Waals surface area contributed by atoms with E-state index in [0.717, 1.165) is 16.5 Å². The third kappa shape index (κ3) is 5.66. The van der Waals surface area contributed by atoms with E-state index in [1.54, 1.807) is 36.5 Å². The molecule has 1 amide bonds. The SMILES string of the molecule is O=C(COc1cccc2cccnc12)N/N=C\c1ccc(OCc2ccc(F)cc2)cc1. The molecule has 0 aliphatic carbocycles. The number of aromatic nitrogens is 1. The summed E-state index contributed by atoms with van der Waals surface area (Å²) in [6.45, 7) is 0.166. The summed E-state index contributed by atoms with van der Waals surface area (Å²) in [6.07, 6.45) is 3.21. The van der Waals surface area contributed by atoms with Crippen LogP contribution in [0.2, 0.25) is 0 Å². The zero-order chi connectivity index (χ0) is 22.2. The van der Waals surface area contributed by atoms with E-state index in [1.807, 2.05) is 36.4 Å². The summed E-state index contributed by atoms with van der Waals surface area (Å²) in [6, 6.07) is 22.7. The van der Waals surface area contributed by atoms with Gasteiger partial charge in [-0.2, -0.15) is 5.10 Å². The second-order valence-corrected chi connectivity index (χ2v) is 6.90. The van der Waals surface area contributed by atoms with Crippen molar-refractivity contribution in [2.45, 2.75) is 6.61 Å². The van der Waals surface area contributed by atoms with Gasteiger partial charge in [-0.1, -0.05) is 30.3 Å². The molecule has 0 unspecified atom stereocenters. The van der Waals surface area contributed by atoms with Crippen molar-refractivity contribution in [1.82, 2.24) is 10.4 Å². The first-order chi connectivity index (χ1) is 15.7. The van der Waals surface area contributed by atoms with Crippen LogP contribution in [0.3, 0.4) is 0 Å². The van der Waals surface area contributed by atoms with Crippen LogP contribution in [0.1, 0.15) is 11.1 Å². The summed E-state index contributed by atoms with van der Waals surface area (Å²) in [5, 5.41) is 4.89. The van der Waals surface area contributed by atoms with E-state index in [9.17, 15) is 9.18 Å². The Bertz CT molecular complexity index is 1220. The second kappa shape index (κ2) is 10.2. The lowest BCUT2D eigenvalue weighted by Crippen LogP contribution is -2.24. The van der Waals surface area contributed by atoms with E-state index in [4.69, 9.17) is 9.47 Å². The summed E-state index contributed by atoms with van der Waals surface area (Å²) >= 11 is 0. The quantitative estimate of drug-likeness (QED) is 0.331. The summed E-state index contributed by atoms with van der Waals surface area (Å²) in [5.41, 5.74) is 4.81. The number of fused-ring (bicyclic) bond motifs is 1. The van der Waals surface area contributed by atoms with Gasteiger partial charge in [0.1, 0.15) is 29.4 Å². The van der Waals surface area contributed by atoms with Crippen LogP contribution in [-0.4, -0.2) is 23.7 Å². The molecule has 0 aliphatic heterocycles. The minimum atomic E-state index is -0.381. The van der Waals surface area contributed by atoms with Crippen molar-refractivity contribution in [1.29, 1.82) is 0 Å². The molecule has 6 nitrogen and oxygen atoms in total. The first kappa shape index (κ1) is 21.0. The van der Waals surface area contributed by atoms with Crippen LogP contribution in [0.4, 0.5) is 4.39 Å². The molecule has 1 heterocycles. The molecular formula is C25H20FN3O3. The van der Waals surface area contributed by atoms with Crippen molar-refractivity contribution in [3.05, 3.63) is 102 Å². The zero-order valence-electron chi connectivity index (χ0n) is 17.1. The van der Waals surface area contributed by atoms with Crippen LogP contribution in [0, 0.1) is 5.82 Å². The highest BCUT2D eigenvalue weighted by molar-refractivity contribution is 5.85. The summed E-state index contributed by atoms with van der Waals surface area (Å²) < 4.78 is 24.2. The van der Waals surface area contributed by atoms with Crippen molar-refractivity contribution >= 4 is 23.0 Å². The van der Waals surface area contributed by atoms with E-state index < -0.39 is 0 Å². The predicted octanol–water partition coefficient (Wildman–Crippen LogP) is 4.48. The van der Waals surface area contributed by atoms with Gasteiger partial charge in [0, 0.05) is 11.6 Å². The number of nitrogens with one attached hydrogen (secondary N) is 1. The monoisotopic (exact) mass is 429 g/mol. The molecule has 7 heteroatoms. The Balaban J connectivity index is 1.24. The van der Waals surface area contributed by atoms with Crippen LogP contribution < -0.4 is 14.9 Å². The lowest BCUT2D eigenvalue weighted by Gasteiger charge is -2.07. The van der Waals surface area contributed by atoms with Gasteiger partial charge in [-0.25, -0.2) is 9.82 Å². The predicted molar refractivity (Wildman–Crippen MR) is 120 cm³/mol. The number of carbonyl (C=O) groups excluding carboxylic acids is 1. The largest absolute Gasteiger partial charge is 0.489 e. The number of carbonyl (C=O) groups is 1. The number of rotatable bonds is 8. The van der Waals surface area contributed by atoms with Crippen LogP contribution >= 0.6 is 0 Å². The third-order valence-electron chi connectivity index (χ3n) is 4.56. The van der Waals surface area contributed by atoms with Crippen molar-refractivity contribution in [2.24, 2.45) is 5.10 Å². The Morgan fingerprint density at radius 3 is 2.56 bits per heavy atom. The van der Waals surface area contributed by atoms with Crippen molar-refractivity contribution in [3.63, 3.8) is 0 Å². The summed E-state index contributed by atoms with van der Waals surface area (Å²) in [5.74, 6) is 0.557. The van der Waals surface area contributed by atoms with Crippen LogP contribution in [0.15, 0.2) is 90.2 Å². The number of benzene rings is 3. The molecule has 0 atom stereocenters. The van der Waals surface area contributed by atoms with E-state index in [1.165, 1.54) is 18.3 Å². The highest BCUT2D eigenvalue weighted by Gasteiger charge is 2.06. The smallest absolute Gasteiger partial charge is 0.277 e. The maximum atomic E-state index is 12.9. The molecule has 3 aromatic carbocycles. The zero-order valence-corrected chi connectivity index (χ0v) is 17.1. The summed E-state index contributed by atoms with van der Waals surface area (Å²) in [4.78, 5) is 16.3. The van der Waals surface area contributed by atoms with Crippen LogP contribution in [-0.2, 0) is 11.4 Å². The molecule has 0 saturated carbocycles. The topological polar surface area (TPSA) is 72.8 Å². The fourth-order valence-corrected chi connectivity index (χ4v) is 2.94. The van der Waals surface area contributed by atoms with E-state index in [-0.39, 0.29) is 18.3 Å². The van der Waals surface area contributed by atoms with E-state index in [2.05, 4.69) is 15.5 Å². The lowest BCUT2D eigenvalue weighted by molar-refractivity contribution is -0.123. The highest BCUT2D eigenvalue weighted by Crippen LogP contribution is 2.22. The Morgan fingerprint density at radius 2 is 1.75 bits per heavy atom. The molecule has 1 aromatic heterocycles. The summed E-state index contributed by atoms with van der Waals surface area (Å²) in [7, 11) is 0. The van der Waals surface area contributed by atoms with Crippen molar-refractivity contribution < 1.29 is 18.7 Å². The molecule has 0 radical (unpaired) electrons. The molecule has 32 heavy (non-hydrogen) atoms. The first-order valence-electron chi connectivity index (χ1n) is 9.93. The van der Waals surface area contributed by atoms with Crippen molar-refractivity contribution in [2.75, 3.05) is 6.61 Å². The molecule has 1 N–H and O–H groups in total. The Hall–Kier alpha value is -4.26. The average molecular weight is 429 g/mol. The molecule has 4 aromatic rings. The Labute approximate surface area is 184 Å². The number of para-hydroxylation sites is 1. The second-order valence-electron chi connectivity index (χ2n) is 6.90. The molecule has 0 fully saturated rings. The molecule has 160 valence electrons. The molecule has 0 bridgehead atoms. The maximum absolute atomic E-state index is 12.9. The normalized spacial score (nSPS) is 10.9. The third-order valence-corrected chi connectivity index (χ3v) is 4.56. The fraction of sp³-hybridized carbons (Fsp3) is 0.0800. The fourth-order valence-electron chi connectivity index (χ4n) is 2.94. The number of hydrogen-bond acceptors (Lipinski definition) is 5. The maximum Gasteiger partial charge on any atom is 0.277 e. The van der Waals surface area contributed by atoms with Gasteiger partial charge in [0.25, 0.3) is 5.91 Å². The first-order valence-corrected chi connectivity index (χ1v) is 9.93. The Kier molecular flexibility index (Phi) is 6.67. The van der Waals surface area contributed by atoms with Gasteiger partial charge >= 0.3 is 0 Å². The van der Waals surface area contributed by atoms with Gasteiger partial charge in [-0.05, 0) is 59.7 Å². The lowest BCUT2D eigenvalue weighted by atomic mass is 10.2. The molecule has 0 saturated heterocycles. The van der Waals surface area contributed by atoms with Gasteiger partial charge in [-0.3, -0.25) is 9.78 Å². The van der Waals surface area contributed by atoms with Gasteiger partial charge in [-0.15, -0.1) is 0 Å². The van der Waals surface area contributed by atoms with Gasteiger partial charge in [0.05, 0.1) is 6.21 Å². The standard InChI is InChI=1S/C25H20FN3O3/c26-21-10-6-19(7-11-21)16-31-22-12-8-18(9-13-22)15-28-29-24(30)17-32-23-5-1-3-20-4-2-14-27-25(20)23/h1-15H,16-17H2,(H,29,30)/b28-15-. The Morgan fingerprint density at radius 1 is 0.969 bits per heavy atom. The van der Waals surface area contributed by atoms with Crippen LogP contribution in [0.25, 0.3) is 10.9 Å². The highest BCUT2D eigenvalue weighted by atomic mass is 19.1.